The van der Waals surface area contributed by atoms with Crippen molar-refractivity contribution in [3.63, 3.8) is 0 Å². The van der Waals surface area contributed by atoms with Gasteiger partial charge in [0.05, 0.1) is 0 Å². The summed E-state index contributed by atoms with van der Waals surface area (Å²) < 4.78 is 0. The van der Waals surface area contributed by atoms with Crippen molar-refractivity contribution in [1.29, 1.82) is 0 Å². The highest BCUT2D eigenvalue weighted by Gasteiger charge is 2.14. The molecule has 0 aliphatic carbocycles. The Balaban J connectivity index is 2.60. The number of nitrogens with two attached hydrogens (primary N) is 1. The molecular formula is C15H26N2. The Hall–Kier alpha value is -0.860. The van der Waals surface area contributed by atoms with Crippen LogP contribution in [-0.4, -0.2) is 24.5 Å². The van der Waals surface area contributed by atoms with E-state index in [-0.39, 0.29) is 0 Å². The summed E-state index contributed by atoms with van der Waals surface area (Å²) in [4.78, 5) is 2.37. The van der Waals surface area contributed by atoms with Crippen molar-refractivity contribution in [3.05, 3.63) is 35.4 Å². The van der Waals surface area contributed by atoms with E-state index in [1.165, 1.54) is 17.5 Å². The molecule has 0 aromatic heterocycles. The first kappa shape index (κ1) is 14.2. The minimum Gasteiger partial charge on any atom is -0.329 e. The molecule has 1 aromatic rings. The van der Waals surface area contributed by atoms with Crippen LogP contribution in [0.4, 0.5) is 0 Å². The summed E-state index contributed by atoms with van der Waals surface area (Å²) in [5.74, 6) is 0.698. The summed E-state index contributed by atoms with van der Waals surface area (Å²) in [6, 6.07) is 9.18. The zero-order valence-electron chi connectivity index (χ0n) is 11.6. The molecule has 17 heavy (non-hydrogen) atoms. The summed E-state index contributed by atoms with van der Waals surface area (Å²) >= 11 is 0. The largest absolute Gasteiger partial charge is 0.329 e. The molecule has 0 aliphatic heterocycles. The van der Waals surface area contributed by atoms with E-state index < -0.39 is 0 Å². The van der Waals surface area contributed by atoms with E-state index in [2.05, 4.69) is 57.0 Å². The fourth-order valence-electron chi connectivity index (χ4n) is 2.23. The van der Waals surface area contributed by atoms with Crippen LogP contribution in [0.3, 0.4) is 0 Å². The molecule has 0 saturated carbocycles. The summed E-state index contributed by atoms with van der Waals surface area (Å²) in [5, 5.41) is 0. The summed E-state index contributed by atoms with van der Waals surface area (Å²) in [6.07, 6.45) is 1.17. The first-order valence-electron chi connectivity index (χ1n) is 6.48. The van der Waals surface area contributed by atoms with Crippen molar-refractivity contribution >= 4 is 0 Å². The summed E-state index contributed by atoms with van der Waals surface area (Å²) in [7, 11) is 2.17. The SMILES string of the molecule is Cc1cccc(CN(C)C(CN)CC(C)C)c1. The predicted molar refractivity (Wildman–Crippen MR) is 74.9 cm³/mol. The lowest BCUT2D eigenvalue weighted by atomic mass is 10.0. The Bertz CT molecular complexity index is 333. The predicted octanol–water partition coefficient (Wildman–Crippen LogP) is 2.80. The van der Waals surface area contributed by atoms with Crippen LogP contribution in [-0.2, 0) is 6.54 Å². The first-order valence-corrected chi connectivity index (χ1v) is 6.48. The van der Waals surface area contributed by atoms with Crippen LogP contribution in [0.15, 0.2) is 24.3 Å². The highest BCUT2D eigenvalue weighted by Crippen LogP contribution is 2.13. The Morgan fingerprint density at radius 1 is 1.29 bits per heavy atom. The van der Waals surface area contributed by atoms with Gasteiger partial charge >= 0.3 is 0 Å². The lowest BCUT2D eigenvalue weighted by Gasteiger charge is -2.28. The highest BCUT2D eigenvalue weighted by molar-refractivity contribution is 5.22. The molecule has 0 bridgehead atoms. The third kappa shape index (κ3) is 4.88. The molecule has 1 rings (SSSR count). The van der Waals surface area contributed by atoms with Crippen molar-refractivity contribution in [3.8, 4) is 0 Å². The third-order valence-electron chi connectivity index (χ3n) is 3.15. The molecule has 2 nitrogen and oxygen atoms in total. The average Bonchev–Trinajstić information content (AvgIpc) is 2.25. The monoisotopic (exact) mass is 234 g/mol. The molecule has 0 radical (unpaired) electrons. The van der Waals surface area contributed by atoms with Crippen LogP contribution in [0, 0.1) is 12.8 Å². The van der Waals surface area contributed by atoms with Crippen LogP contribution in [0.25, 0.3) is 0 Å². The van der Waals surface area contributed by atoms with Gasteiger partial charge in [0.2, 0.25) is 0 Å². The maximum absolute atomic E-state index is 5.86. The van der Waals surface area contributed by atoms with Crippen LogP contribution < -0.4 is 5.73 Å². The van der Waals surface area contributed by atoms with Crippen molar-refractivity contribution in [2.45, 2.75) is 39.8 Å². The van der Waals surface area contributed by atoms with E-state index in [4.69, 9.17) is 5.73 Å². The Morgan fingerprint density at radius 2 is 2.00 bits per heavy atom. The fourth-order valence-corrected chi connectivity index (χ4v) is 2.23. The minimum absolute atomic E-state index is 0.482. The zero-order valence-corrected chi connectivity index (χ0v) is 11.6. The molecule has 0 heterocycles. The number of nitrogens with zero attached hydrogens (tertiary/aromatic N) is 1. The summed E-state index contributed by atoms with van der Waals surface area (Å²) in [5.41, 5.74) is 8.56. The third-order valence-corrected chi connectivity index (χ3v) is 3.15. The standard InChI is InChI=1S/C15H26N2/c1-12(2)8-15(10-16)17(4)11-14-7-5-6-13(3)9-14/h5-7,9,12,15H,8,10-11,16H2,1-4H3. The second-order valence-corrected chi connectivity index (χ2v) is 5.42. The van der Waals surface area contributed by atoms with Crippen LogP contribution in [0.2, 0.25) is 0 Å². The number of hydrogen-bond donors (Lipinski definition) is 1. The van der Waals surface area contributed by atoms with Gasteiger partial charge in [0.15, 0.2) is 0 Å². The Morgan fingerprint density at radius 3 is 2.53 bits per heavy atom. The van der Waals surface area contributed by atoms with Crippen molar-refractivity contribution in [1.82, 2.24) is 4.90 Å². The second-order valence-electron chi connectivity index (χ2n) is 5.42. The van der Waals surface area contributed by atoms with Crippen molar-refractivity contribution in [2.24, 2.45) is 11.7 Å². The molecule has 0 aliphatic rings. The van der Waals surface area contributed by atoms with Crippen LogP contribution in [0.5, 0.6) is 0 Å². The first-order chi connectivity index (χ1) is 8.02. The van der Waals surface area contributed by atoms with Crippen LogP contribution in [0.1, 0.15) is 31.4 Å². The average molecular weight is 234 g/mol. The molecular weight excluding hydrogens is 208 g/mol. The van der Waals surface area contributed by atoms with E-state index >= 15 is 0 Å². The van der Waals surface area contributed by atoms with Gasteiger partial charge in [0.25, 0.3) is 0 Å². The zero-order chi connectivity index (χ0) is 12.8. The highest BCUT2D eigenvalue weighted by atomic mass is 15.1. The van der Waals surface area contributed by atoms with E-state index in [1.807, 2.05) is 0 Å². The molecule has 2 heteroatoms. The fraction of sp³-hybridized carbons (Fsp3) is 0.600. The minimum atomic E-state index is 0.482. The molecule has 0 spiro atoms. The normalized spacial score (nSPS) is 13.4. The van der Waals surface area contributed by atoms with Gasteiger partial charge in [-0.2, -0.15) is 0 Å². The van der Waals surface area contributed by atoms with E-state index in [1.54, 1.807) is 0 Å². The van der Waals surface area contributed by atoms with E-state index in [9.17, 15) is 0 Å². The van der Waals surface area contributed by atoms with Gasteiger partial charge in [-0.1, -0.05) is 43.7 Å². The molecule has 1 aromatic carbocycles. The van der Waals surface area contributed by atoms with Gasteiger partial charge in [0.1, 0.15) is 0 Å². The Labute approximate surface area is 106 Å². The van der Waals surface area contributed by atoms with E-state index in [0.29, 0.717) is 12.0 Å². The second kappa shape index (κ2) is 6.77. The lowest BCUT2D eigenvalue weighted by molar-refractivity contribution is 0.210. The molecule has 1 unspecified atom stereocenters. The van der Waals surface area contributed by atoms with Crippen LogP contribution >= 0.6 is 0 Å². The number of hydrogen-bond acceptors (Lipinski definition) is 2. The Kier molecular flexibility index (Phi) is 5.66. The summed E-state index contributed by atoms with van der Waals surface area (Å²) in [6.45, 7) is 8.36. The van der Waals surface area contributed by atoms with Gasteiger partial charge in [-0.25, -0.2) is 0 Å². The molecule has 0 fully saturated rings. The smallest absolute Gasteiger partial charge is 0.0234 e. The molecule has 0 amide bonds. The number of benzene rings is 1. The number of likely N-dealkylation sites (N-methyl/N-ethyl adjacent to an activating group) is 1. The van der Waals surface area contributed by atoms with Gasteiger partial charge in [-0.3, -0.25) is 4.90 Å². The quantitative estimate of drug-likeness (QED) is 0.820. The van der Waals surface area contributed by atoms with Gasteiger partial charge in [-0.15, -0.1) is 0 Å². The van der Waals surface area contributed by atoms with Gasteiger partial charge in [-0.05, 0) is 31.9 Å². The molecule has 96 valence electrons. The maximum Gasteiger partial charge on any atom is 0.0234 e. The molecule has 0 saturated heterocycles. The molecule has 2 N–H and O–H groups in total. The maximum atomic E-state index is 5.86. The number of rotatable bonds is 6. The van der Waals surface area contributed by atoms with E-state index in [0.717, 1.165) is 13.1 Å². The number of aryl methyl sites for hydroxylation is 1. The van der Waals surface area contributed by atoms with Gasteiger partial charge < -0.3 is 5.73 Å². The van der Waals surface area contributed by atoms with Crippen molar-refractivity contribution < 1.29 is 0 Å². The van der Waals surface area contributed by atoms with Gasteiger partial charge in [0, 0.05) is 19.1 Å². The van der Waals surface area contributed by atoms with Crippen molar-refractivity contribution in [2.75, 3.05) is 13.6 Å². The topological polar surface area (TPSA) is 29.3 Å². The molecule has 1 atom stereocenters. The lowest BCUT2D eigenvalue weighted by Crippen LogP contribution is -2.38.